The van der Waals surface area contributed by atoms with Gasteiger partial charge in [-0.2, -0.15) is 0 Å². The van der Waals surface area contributed by atoms with Crippen LogP contribution < -0.4 is 0 Å². The Bertz CT molecular complexity index is 8.00. The molecule has 0 aromatic rings. The zero-order valence-corrected chi connectivity index (χ0v) is 5.78. The van der Waals surface area contributed by atoms with E-state index in [0.29, 0.717) is 0 Å². The Morgan fingerprint density at radius 2 is 1.25 bits per heavy atom. The predicted octanol–water partition coefficient (Wildman–Crippen LogP) is -0.883. The van der Waals surface area contributed by atoms with E-state index in [-0.39, 0.29) is 48.4 Å². The summed E-state index contributed by atoms with van der Waals surface area (Å²) in [6.45, 7) is 0. The summed E-state index contributed by atoms with van der Waals surface area (Å²) < 4.78 is 7.94. The molecule has 0 fully saturated rings. The van der Waals surface area contributed by atoms with Gasteiger partial charge in [-0.05, 0) is 0 Å². The second kappa shape index (κ2) is 20.6. The van der Waals surface area contributed by atoms with Crippen LogP contribution >= 0.6 is 0 Å². The van der Waals surface area contributed by atoms with Gasteiger partial charge in [-0.1, -0.05) is 0 Å². The van der Waals surface area contributed by atoms with Crippen LogP contribution in [0.5, 0.6) is 0 Å². The zero-order valence-electron chi connectivity index (χ0n) is 2.74. The quantitative estimate of drug-likeness (QED) is 0.365. The minimum atomic E-state index is 0. The maximum absolute atomic E-state index is 7.94. The minimum absolute atomic E-state index is 0. The van der Waals surface area contributed by atoms with E-state index in [1.54, 1.807) is 0 Å². The van der Waals surface area contributed by atoms with Crippen LogP contribution in [-0.2, 0) is 19.5 Å². The van der Waals surface area contributed by atoms with Crippen LogP contribution in [0.25, 0.3) is 0 Å². The maximum atomic E-state index is 7.94. The third-order valence-electron chi connectivity index (χ3n) is 0. The first-order valence-corrected chi connectivity index (χ1v) is 0.561. The van der Waals surface area contributed by atoms with Crippen molar-refractivity contribution in [1.82, 2.24) is 0 Å². The topological polar surface area (TPSA) is 17.1 Å². The van der Waals surface area contributed by atoms with Gasteiger partial charge in [-0.3, -0.25) is 0 Å². The van der Waals surface area contributed by atoms with Crippen molar-refractivity contribution in [3.63, 3.8) is 0 Å². The summed E-state index contributed by atoms with van der Waals surface area (Å²) in [6, 6.07) is 0. The number of rotatable bonds is 0. The molecule has 4 heavy (non-hydrogen) atoms. The van der Waals surface area contributed by atoms with Gasteiger partial charge in [-0.15, -0.1) is 0 Å². The van der Waals surface area contributed by atoms with Gasteiger partial charge in [0.05, 0.1) is 0 Å². The van der Waals surface area contributed by atoms with Crippen molar-refractivity contribution >= 4 is 48.4 Å². The van der Waals surface area contributed by atoms with Crippen molar-refractivity contribution in [1.29, 1.82) is 0 Å². The van der Waals surface area contributed by atoms with Crippen LogP contribution in [0.15, 0.2) is 0 Å². The van der Waals surface area contributed by atoms with Crippen LogP contribution in [0.1, 0.15) is 0 Å². The summed E-state index contributed by atoms with van der Waals surface area (Å²) in [5.74, 6) is 0. The molecule has 1 nitrogen and oxygen atoms in total. The molecule has 0 heterocycles. The average Bonchev–Trinajstić information content (AvgIpc) is 1.00. The van der Waals surface area contributed by atoms with Crippen molar-refractivity contribution in [3.05, 3.63) is 0 Å². The Balaban J connectivity index is -0.00000000500. The summed E-state index contributed by atoms with van der Waals surface area (Å²) in [4.78, 5) is 0. The molecule has 0 aromatic heterocycles. The predicted molar refractivity (Wildman–Crippen MR) is 12.2 cm³/mol. The van der Waals surface area contributed by atoms with E-state index in [9.17, 15) is 0 Å². The summed E-state index contributed by atoms with van der Waals surface area (Å²) >= 11 is 2.31. The molecule has 0 aliphatic carbocycles. The molecule has 0 amide bonds. The van der Waals surface area contributed by atoms with Gasteiger partial charge in [0.1, 0.15) is 0 Å². The van der Waals surface area contributed by atoms with Crippen LogP contribution in [0.2, 0.25) is 0 Å². The third-order valence-corrected chi connectivity index (χ3v) is 0. The summed E-state index contributed by atoms with van der Waals surface area (Å²) in [5, 5.41) is 0. The van der Waals surface area contributed by atoms with Crippen LogP contribution in [0.4, 0.5) is 0 Å². The third kappa shape index (κ3) is 9.08. The second-order valence-electron chi connectivity index (χ2n) is 0. The molecule has 4 heteroatoms. The normalized spacial score (nSPS) is 1.25. The van der Waals surface area contributed by atoms with Crippen molar-refractivity contribution in [2.45, 2.75) is 0 Å². The van der Waals surface area contributed by atoms with Gasteiger partial charge in [0.25, 0.3) is 0 Å². The first kappa shape index (κ1) is 16.8. The summed E-state index contributed by atoms with van der Waals surface area (Å²) in [7, 11) is 0. The van der Waals surface area contributed by atoms with E-state index < -0.39 is 0 Å². The van der Waals surface area contributed by atoms with Crippen molar-refractivity contribution in [2.75, 3.05) is 0 Å². The first-order valence-electron chi connectivity index (χ1n) is 0.136. The van der Waals surface area contributed by atoms with Crippen molar-refractivity contribution in [3.8, 4) is 0 Å². The number of hydrogen-bond donors (Lipinski definition) is 0. The molecule has 0 atom stereocenters. The fourth-order valence-electron chi connectivity index (χ4n) is 0. The molecule has 0 rings (SSSR count). The van der Waals surface area contributed by atoms with E-state index in [4.69, 9.17) is 3.87 Å². The van der Waals surface area contributed by atoms with E-state index in [0.717, 1.165) is 0 Å². The molecule has 0 N–H and O–H groups in total. The Labute approximate surface area is 67.2 Å². The standard InChI is InChI=1S/Co.Li.Na.O. The molecule has 17 valence electrons. The second-order valence-corrected chi connectivity index (χ2v) is 0. The number of hydrogen-bond acceptors (Lipinski definition) is 1. The molecule has 2 radical (unpaired) electrons. The molecular formula is CoLiNaO. The fraction of sp³-hybridized carbons (Fsp3) is 0. The van der Waals surface area contributed by atoms with Gasteiger partial charge in [0.15, 0.2) is 0 Å². The fourth-order valence-corrected chi connectivity index (χ4v) is 0. The molecule has 0 saturated heterocycles. The SMILES string of the molecule is [Li].[Na].[O]=[Co]. The van der Waals surface area contributed by atoms with Gasteiger partial charge in [0.2, 0.25) is 0 Å². The van der Waals surface area contributed by atoms with Crippen LogP contribution in [-0.4, -0.2) is 48.4 Å². The Morgan fingerprint density at radius 1 is 1.25 bits per heavy atom. The Kier molecular flexibility index (Phi) is 86.8. The van der Waals surface area contributed by atoms with Crippen molar-refractivity contribution in [2.24, 2.45) is 0 Å². The molecule has 0 unspecified atom stereocenters. The zero-order chi connectivity index (χ0) is 2.00. The summed E-state index contributed by atoms with van der Waals surface area (Å²) in [5.41, 5.74) is 0. The molecule has 0 aliphatic rings. The van der Waals surface area contributed by atoms with E-state index >= 15 is 0 Å². The molecule has 0 bridgehead atoms. The van der Waals surface area contributed by atoms with Gasteiger partial charge in [-0.25, -0.2) is 0 Å². The van der Waals surface area contributed by atoms with Gasteiger partial charge >= 0.3 is 19.5 Å². The molecule has 0 saturated carbocycles. The van der Waals surface area contributed by atoms with Crippen molar-refractivity contribution < 1.29 is 19.5 Å². The monoisotopic (exact) mass is 105 g/mol. The first-order chi connectivity index (χ1) is 1.00. The van der Waals surface area contributed by atoms with Crippen LogP contribution in [0, 0.1) is 0 Å². The summed E-state index contributed by atoms with van der Waals surface area (Å²) in [6.07, 6.45) is 0. The molecule has 0 spiro atoms. The molecular weight excluding hydrogens is 105 g/mol. The van der Waals surface area contributed by atoms with E-state index in [1.165, 1.54) is 0 Å². The van der Waals surface area contributed by atoms with Gasteiger partial charge < -0.3 is 0 Å². The Hall–Kier alpha value is 1.90. The average molecular weight is 105 g/mol. The van der Waals surface area contributed by atoms with E-state index in [2.05, 4.69) is 15.7 Å². The molecule has 0 aromatic carbocycles. The Morgan fingerprint density at radius 3 is 1.25 bits per heavy atom. The van der Waals surface area contributed by atoms with Gasteiger partial charge in [0, 0.05) is 48.4 Å². The van der Waals surface area contributed by atoms with Crippen LogP contribution in [0.3, 0.4) is 0 Å². The molecule has 0 aliphatic heterocycles. The van der Waals surface area contributed by atoms with E-state index in [1.807, 2.05) is 0 Å².